The van der Waals surface area contributed by atoms with Gasteiger partial charge in [0.25, 0.3) is 0 Å². The average molecular weight is 653 g/mol. The molecule has 5 nitrogen and oxygen atoms in total. The predicted molar refractivity (Wildman–Crippen MR) is 207 cm³/mol. The Balaban J connectivity index is 1.08. The molecule has 0 aliphatic heterocycles. The number of rotatable bonds is 5. The van der Waals surface area contributed by atoms with Gasteiger partial charge in [0.15, 0.2) is 17.5 Å². The number of para-hydroxylation sites is 1. The van der Waals surface area contributed by atoms with Crippen LogP contribution in [0.2, 0.25) is 0 Å². The fraction of sp³-hybridized carbons (Fsp3) is 0. The molecule has 7 aromatic carbocycles. The lowest BCUT2D eigenvalue weighted by Gasteiger charge is -2.11. The SMILES string of the molecule is c1ccc(-c2nc(-c3ccccc3)nc(-c3ccc(-c4cccc(-c5nc6ccc7ccccc7c6c6oc7ccccc7c56)c4)cc3)n2)cc1. The number of furan rings is 1. The van der Waals surface area contributed by atoms with Crippen molar-refractivity contribution in [2.45, 2.75) is 0 Å². The van der Waals surface area contributed by atoms with E-state index < -0.39 is 0 Å². The second-order valence-electron chi connectivity index (χ2n) is 12.6. The first kappa shape index (κ1) is 29.0. The van der Waals surface area contributed by atoms with Gasteiger partial charge in [-0.2, -0.15) is 0 Å². The van der Waals surface area contributed by atoms with Crippen LogP contribution in [-0.2, 0) is 0 Å². The van der Waals surface area contributed by atoms with Crippen molar-refractivity contribution in [1.29, 1.82) is 0 Å². The first-order chi connectivity index (χ1) is 25.3. The summed E-state index contributed by atoms with van der Waals surface area (Å²) in [4.78, 5) is 20.0. The highest BCUT2D eigenvalue weighted by Crippen LogP contribution is 2.42. The highest BCUT2D eigenvalue weighted by atomic mass is 16.3. The third-order valence-corrected chi connectivity index (χ3v) is 9.51. The van der Waals surface area contributed by atoms with Gasteiger partial charge in [-0.15, -0.1) is 0 Å². The number of hydrogen-bond acceptors (Lipinski definition) is 5. The van der Waals surface area contributed by atoms with Gasteiger partial charge in [0.1, 0.15) is 11.2 Å². The van der Waals surface area contributed by atoms with E-state index in [0.29, 0.717) is 17.5 Å². The Morgan fingerprint density at radius 3 is 1.61 bits per heavy atom. The molecule has 0 spiro atoms. The van der Waals surface area contributed by atoms with E-state index in [4.69, 9.17) is 24.4 Å². The van der Waals surface area contributed by atoms with E-state index in [9.17, 15) is 0 Å². The van der Waals surface area contributed by atoms with Crippen molar-refractivity contribution in [2.24, 2.45) is 0 Å². The van der Waals surface area contributed by atoms with Crippen molar-refractivity contribution in [3.63, 3.8) is 0 Å². The van der Waals surface area contributed by atoms with Crippen LogP contribution in [0.1, 0.15) is 0 Å². The largest absolute Gasteiger partial charge is 0.455 e. The zero-order chi connectivity index (χ0) is 33.7. The standard InChI is InChI=1S/C46H28N4O/c1-3-13-31(14-4-1)44-48-45(32-15-5-2-6-16-32)50-46(49-44)33-24-22-29(23-25-33)34-17-11-18-35(28-34)42-41-37-20-9-10-21-39(37)51-43(41)40-36-19-8-7-12-30(36)26-27-38(40)47-42/h1-28H. The van der Waals surface area contributed by atoms with Crippen molar-refractivity contribution < 1.29 is 4.42 Å². The van der Waals surface area contributed by atoms with Crippen molar-refractivity contribution in [3.8, 4) is 56.5 Å². The van der Waals surface area contributed by atoms with Crippen LogP contribution in [0.4, 0.5) is 0 Å². The van der Waals surface area contributed by atoms with E-state index in [1.54, 1.807) is 0 Å². The molecule has 0 atom stereocenters. The Kier molecular flexibility index (Phi) is 6.74. The van der Waals surface area contributed by atoms with E-state index in [-0.39, 0.29) is 0 Å². The zero-order valence-corrected chi connectivity index (χ0v) is 27.4. The van der Waals surface area contributed by atoms with Crippen molar-refractivity contribution in [3.05, 3.63) is 170 Å². The van der Waals surface area contributed by atoms with Crippen molar-refractivity contribution in [2.75, 3.05) is 0 Å². The van der Waals surface area contributed by atoms with E-state index >= 15 is 0 Å². The third kappa shape index (κ3) is 5.03. The molecule has 10 aromatic rings. The molecule has 5 heteroatoms. The van der Waals surface area contributed by atoms with Crippen LogP contribution in [0.15, 0.2) is 174 Å². The topological polar surface area (TPSA) is 64.7 Å². The molecule has 0 bridgehead atoms. The molecule has 0 aliphatic carbocycles. The summed E-state index contributed by atoms with van der Waals surface area (Å²) in [5.74, 6) is 1.92. The Labute approximate surface area is 293 Å². The molecule has 0 aliphatic rings. The van der Waals surface area contributed by atoms with Gasteiger partial charge in [-0.25, -0.2) is 19.9 Å². The summed E-state index contributed by atoms with van der Waals surface area (Å²) in [5.41, 5.74) is 9.55. The van der Waals surface area contributed by atoms with Crippen LogP contribution in [0, 0.1) is 0 Å². The molecule has 3 heterocycles. The highest BCUT2D eigenvalue weighted by molar-refractivity contribution is 6.25. The first-order valence-electron chi connectivity index (χ1n) is 17.0. The Hall–Kier alpha value is -6.98. The van der Waals surface area contributed by atoms with E-state index in [0.717, 1.165) is 82.7 Å². The fourth-order valence-electron chi connectivity index (χ4n) is 7.03. The summed E-state index contributed by atoms with van der Waals surface area (Å²) in [7, 11) is 0. The number of aromatic nitrogens is 4. The Bertz CT molecular complexity index is 2840. The zero-order valence-electron chi connectivity index (χ0n) is 27.4. The quantitative estimate of drug-likeness (QED) is 0.173. The van der Waals surface area contributed by atoms with Gasteiger partial charge in [-0.05, 0) is 40.1 Å². The number of fused-ring (bicyclic) bond motifs is 7. The van der Waals surface area contributed by atoms with Crippen LogP contribution < -0.4 is 0 Å². The van der Waals surface area contributed by atoms with Gasteiger partial charge in [0.2, 0.25) is 0 Å². The summed E-state index contributed by atoms with van der Waals surface area (Å²) in [6, 6.07) is 58.0. The molecule has 0 fully saturated rings. The van der Waals surface area contributed by atoms with Crippen molar-refractivity contribution >= 4 is 43.6 Å². The second kappa shape index (κ2) is 11.9. The summed E-state index contributed by atoms with van der Waals surface area (Å²) < 4.78 is 6.62. The van der Waals surface area contributed by atoms with Gasteiger partial charge in [0.05, 0.1) is 22.0 Å². The van der Waals surface area contributed by atoms with E-state index in [2.05, 4.69) is 97.1 Å². The predicted octanol–water partition coefficient (Wildman–Crippen LogP) is 11.8. The highest BCUT2D eigenvalue weighted by Gasteiger charge is 2.20. The Morgan fingerprint density at radius 2 is 0.902 bits per heavy atom. The first-order valence-corrected chi connectivity index (χ1v) is 17.0. The molecule has 3 aromatic heterocycles. The number of hydrogen-bond donors (Lipinski definition) is 0. The molecule has 51 heavy (non-hydrogen) atoms. The fourth-order valence-corrected chi connectivity index (χ4v) is 7.03. The van der Waals surface area contributed by atoms with Gasteiger partial charge in [-0.3, -0.25) is 0 Å². The lowest BCUT2D eigenvalue weighted by atomic mass is 9.96. The monoisotopic (exact) mass is 652 g/mol. The van der Waals surface area contributed by atoms with Crippen LogP contribution in [0.3, 0.4) is 0 Å². The van der Waals surface area contributed by atoms with Gasteiger partial charge >= 0.3 is 0 Å². The second-order valence-corrected chi connectivity index (χ2v) is 12.6. The average Bonchev–Trinajstić information content (AvgIpc) is 3.61. The van der Waals surface area contributed by atoms with Gasteiger partial charge < -0.3 is 4.42 Å². The number of benzene rings is 7. The number of nitrogens with zero attached hydrogens (tertiary/aromatic N) is 4. The molecule has 10 rings (SSSR count). The van der Waals surface area contributed by atoms with Gasteiger partial charge in [-0.1, -0.05) is 152 Å². The van der Waals surface area contributed by atoms with Crippen LogP contribution in [0.25, 0.3) is 100 Å². The van der Waals surface area contributed by atoms with Crippen LogP contribution in [-0.4, -0.2) is 19.9 Å². The summed E-state index contributed by atoms with van der Waals surface area (Å²) in [6.45, 7) is 0. The molecule has 0 radical (unpaired) electrons. The van der Waals surface area contributed by atoms with Gasteiger partial charge in [0, 0.05) is 27.6 Å². The summed E-state index contributed by atoms with van der Waals surface area (Å²) in [5, 5.41) is 5.43. The third-order valence-electron chi connectivity index (χ3n) is 9.51. The van der Waals surface area contributed by atoms with E-state index in [1.807, 2.05) is 72.8 Å². The maximum Gasteiger partial charge on any atom is 0.164 e. The lowest BCUT2D eigenvalue weighted by Crippen LogP contribution is -2.00. The van der Waals surface area contributed by atoms with Crippen LogP contribution in [0.5, 0.6) is 0 Å². The minimum absolute atomic E-state index is 0.630. The molecular formula is C46H28N4O. The number of pyridine rings is 1. The Morgan fingerprint density at radius 1 is 0.353 bits per heavy atom. The molecule has 0 unspecified atom stereocenters. The summed E-state index contributed by atoms with van der Waals surface area (Å²) >= 11 is 0. The van der Waals surface area contributed by atoms with Crippen LogP contribution >= 0.6 is 0 Å². The maximum absolute atomic E-state index is 6.62. The molecule has 0 amide bonds. The van der Waals surface area contributed by atoms with Crippen molar-refractivity contribution in [1.82, 2.24) is 19.9 Å². The smallest absolute Gasteiger partial charge is 0.164 e. The molecular weight excluding hydrogens is 625 g/mol. The molecule has 0 saturated heterocycles. The van der Waals surface area contributed by atoms with E-state index in [1.165, 1.54) is 0 Å². The molecule has 238 valence electrons. The lowest BCUT2D eigenvalue weighted by molar-refractivity contribution is 0.673. The minimum Gasteiger partial charge on any atom is -0.455 e. The normalized spacial score (nSPS) is 11.5. The summed E-state index contributed by atoms with van der Waals surface area (Å²) in [6.07, 6.45) is 0. The minimum atomic E-state index is 0.630. The molecule has 0 saturated carbocycles. The maximum atomic E-state index is 6.62. The molecule has 0 N–H and O–H groups in total.